The first-order valence-corrected chi connectivity index (χ1v) is 3.90. The molecule has 1 heterocycles. The second kappa shape index (κ2) is 4.79. The summed E-state index contributed by atoms with van der Waals surface area (Å²) < 4.78 is 0. The molecule has 0 spiro atoms. The van der Waals surface area contributed by atoms with E-state index in [9.17, 15) is 0 Å². The Hall–Kier alpha value is -0.960. The monoisotopic (exact) mass is 151 g/mol. The van der Waals surface area contributed by atoms with Gasteiger partial charge in [-0.3, -0.25) is 0 Å². The largest absolute Gasteiger partial charge is 0.317 e. The first-order chi connectivity index (χ1) is 5.43. The summed E-state index contributed by atoms with van der Waals surface area (Å²) in [6.45, 7) is 4.09. The van der Waals surface area contributed by atoms with Gasteiger partial charge in [-0.1, -0.05) is 6.92 Å². The Labute approximate surface area is 66.8 Å². The van der Waals surface area contributed by atoms with Gasteiger partial charge in [-0.15, -0.1) is 0 Å². The van der Waals surface area contributed by atoms with Crippen LogP contribution < -0.4 is 5.32 Å². The molecule has 3 nitrogen and oxygen atoms in total. The molecule has 0 aromatic carbocycles. The molecule has 60 valence electrons. The Bertz CT molecular complexity index is 186. The highest BCUT2D eigenvalue weighted by molar-refractivity contribution is 4.99. The summed E-state index contributed by atoms with van der Waals surface area (Å²) in [4.78, 5) is 0. The molecular formula is C8H13N3. The van der Waals surface area contributed by atoms with Crippen molar-refractivity contribution < 1.29 is 0 Å². The van der Waals surface area contributed by atoms with Gasteiger partial charge in [0.25, 0.3) is 0 Å². The van der Waals surface area contributed by atoms with Gasteiger partial charge in [-0.05, 0) is 18.7 Å². The van der Waals surface area contributed by atoms with E-state index in [-0.39, 0.29) is 0 Å². The minimum Gasteiger partial charge on any atom is -0.317 e. The maximum atomic E-state index is 3.96. The van der Waals surface area contributed by atoms with E-state index in [0.29, 0.717) is 0 Å². The van der Waals surface area contributed by atoms with Crippen LogP contribution in [0.4, 0.5) is 0 Å². The van der Waals surface area contributed by atoms with Crippen molar-refractivity contribution in [2.75, 3.05) is 13.1 Å². The molecule has 0 fully saturated rings. The van der Waals surface area contributed by atoms with E-state index in [4.69, 9.17) is 0 Å². The van der Waals surface area contributed by atoms with Crippen LogP contribution in [0, 0.1) is 0 Å². The van der Waals surface area contributed by atoms with Crippen molar-refractivity contribution in [2.24, 2.45) is 0 Å². The lowest BCUT2D eigenvalue weighted by Gasteiger charge is -1.98. The zero-order valence-electron chi connectivity index (χ0n) is 6.75. The maximum Gasteiger partial charge on any atom is 0.0643 e. The second-order valence-electron chi connectivity index (χ2n) is 2.32. The molecule has 1 aromatic heterocycles. The summed E-state index contributed by atoms with van der Waals surface area (Å²) in [5, 5.41) is 11.0. The summed E-state index contributed by atoms with van der Waals surface area (Å²) in [7, 11) is 0. The van der Waals surface area contributed by atoms with Crippen LogP contribution in [-0.2, 0) is 6.42 Å². The van der Waals surface area contributed by atoms with E-state index >= 15 is 0 Å². The van der Waals surface area contributed by atoms with E-state index in [2.05, 4.69) is 22.4 Å². The lowest BCUT2D eigenvalue weighted by molar-refractivity contribution is 0.701. The smallest absolute Gasteiger partial charge is 0.0643 e. The average Bonchev–Trinajstić information content (AvgIpc) is 2.07. The Morgan fingerprint density at radius 2 is 2.45 bits per heavy atom. The van der Waals surface area contributed by atoms with Crippen LogP contribution in [0.25, 0.3) is 0 Å². The second-order valence-corrected chi connectivity index (χ2v) is 2.32. The highest BCUT2D eigenvalue weighted by Gasteiger charge is 1.90. The fourth-order valence-corrected chi connectivity index (χ4v) is 0.860. The number of aromatic nitrogens is 2. The van der Waals surface area contributed by atoms with Gasteiger partial charge in [0.15, 0.2) is 0 Å². The quantitative estimate of drug-likeness (QED) is 0.641. The SMILES string of the molecule is CCNCCc1cccnn1. The first-order valence-electron chi connectivity index (χ1n) is 3.90. The molecule has 0 radical (unpaired) electrons. The predicted molar refractivity (Wildman–Crippen MR) is 44.3 cm³/mol. The molecular weight excluding hydrogens is 138 g/mol. The number of hydrogen-bond donors (Lipinski definition) is 1. The molecule has 0 amide bonds. The van der Waals surface area contributed by atoms with E-state index in [1.54, 1.807) is 6.20 Å². The number of likely N-dealkylation sites (N-methyl/N-ethyl adjacent to an activating group) is 1. The van der Waals surface area contributed by atoms with Gasteiger partial charge in [0.2, 0.25) is 0 Å². The Kier molecular flexibility index (Phi) is 3.55. The van der Waals surface area contributed by atoms with Crippen LogP contribution in [0.2, 0.25) is 0 Å². The summed E-state index contributed by atoms with van der Waals surface area (Å²) >= 11 is 0. The van der Waals surface area contributed by atoms with Crippen molar-refractivity contribution in [3.8, 4) is 0 Å². The van der Waals surface area contributed by atoms with Gasteiger partial charge in [0.05, 0.1) is 5.69 Å². The van der Waals surface area contributed by atoms with Crippen LogP contribution in [0.3, 0.4) is 0 Å². The summed E-state index contributed by atoms with van der Waals surface area (Å²) in [5.41, 5.74) is 1.05. The van der Waals surface area contributed by atoms with Crippen LogP contribution >= 0.6 is 0 Å². The van der Waals surface area contributed by atoms with Gasteiger partial charge < -0.3 is 5.32 Å². The zero-order valence-corrected chi connectivity index (χ0v) is 6.75. The Morgan fingerprint density at radius 1 is 1.55 bits per heavy atom. The third-order valence-corrected chi connectivity index (χ3v) is 1.44. The van der Waals surface area contributed by atoms with Gasteiger partial charge >= 0.3 is 0 Å². The van der Waals surface area contributed by atoms with Crippen LogP contribution in [0.1, 0.15) is 12.6 Å². The molecule has 3 heteroatoms. The van der Waals surface area contributed by atoms with Crippen molar-refractivity contribution in [3.63, 3.8) is 0 Å². The third kappa shape index (κ3) is 3.09. The zero-order chi connectivity index (χ0) is 7.94. The normalized spacial score (nSPS) is 9.91. The Balaban J connectivity index is 2.28. The molecule has 0 unspecified atom stereocenters. The highest BCUT2D eigenvalue weighted by atomic mass is 15.1. The number of nitrogens with one attached hydrogen (secondary N) is 1. The van der Waals surface area contributed by atoms with Crippen molar-refractivity contribution in [1.29, 1.82) is 0 Å². The molecule has 0 aliphatic carbocycles. The minimum atomic E-state index is 0.960. The van der Waals surface area contributed by atoms with E-state index in [1.807, 2.05) is 12.1 Å². The molecule has 0 aliphatic heterocycles. The topological polar surface area (TPSA) is 37.8 Å². The van der Waals surface area contributed by atoms with Crippen molar-refractivity contribution in [2.45, 2.75) is 13.3 Å². The molecule has 11 heavy (non-hydrogen) atoms. The minimum absolute atomic E-state index is 0.960. The third-order valence-electron chi connectivity index (χ3n) is 1.44. The van der Waals surface area contributed by atoms with Crippen molar-refractivity contribution >= 4 is 0 Å². The van der Waals surface area contributed by atoms with Gasteiger partial charge in [-0.2, -0.15) is 10.2 Å². The molecule has 1 aromatic rings. The molecule has 0 bridgehead atoms. The molecule has 1 N–H and O–H groups in total. The summed E-state index contributed by atoms with van der Waals surface area (Å²) in [5.74, 6) is 0. The van der Waals surface area contributed by atoms with E-state index in [1.165, 1.54) is 0 Å². The molecule has 0 aliphatic rings. The summed E-state index contributed by atoms with van der Waals surface area (Å²) in [6, 6.07) is 3.90. The van der Waals surface area contributed by atoms with Crippen LogP contribution in [-0.4, -0.2) is 23.3 Å². The standard InChI is InChI=1S/C8H13N3/c1-2-9-7-5-8-4-3-6-10-11-8/h3-4,6,9H,2,5,7H2,1H3. The molecule has 0 atom stereocenters. The summed E-state index contributed by atoms with van der Waals surface area (Å²) in [6.07, 6.45) is 2.65. The first kappa shape index (κ1) is 8.14. The van der Waals surface area contributed by atoms with Crippen molar-refractivity contribution in [1.82, 2.24) is 15.5 Å². The predicted octanol–water partition coefficient (Wildman–Crippen LogP) is 0.629. The lowest BCUT2D eigenvalue weighted by atomic mass is 10.3. The van der Waals surface area contributed by atoms with E-state index < -0.39 is 0 Å². The van der Waals surface area contributed by atoms with Crippen molar-refractivity contribution in [3.05, 3.63) is 24.0 Å². The highest BCUT2D eigenvalue weighted by Crippen LogP contribution is 1.90. The molecule has 0 saturated carbocycles. The number of rotatable bonds is 4. The van der Waals surface area contributed by atoms with Crippen LogP contribution in [0.5, 0.6) is 0 Å². The van der Waals surface area contributed by atoms with Crippen LogP contribution in [0.15, 0.2) is 18.3 Å². The van der Waals surface area contributed by atoms with Gasteiger partial charge in [-0.25, -0.2) is 0 Å². The molecule has 0 saturated heterocycles. The van der Waals surface area contributed by atoms with Gasteiger partial charge in [0, 0.05) is 19.2 Å². The number of nitrogens with zero attached hydrogens (tertiary/aromatic N) is 2. The fourth-order valence-electron chi connectivity index (χ4n) is 0.860. The fraction of sp³-hybridized carbons (Fsp3) is 0.500. The lowest BCUT2D eigenvalue weighted by Crippen LogP contribution is -2.16. The van der Waals surface area contributed by atoms with Gasteiger partial charge in [0.1, 0.15) is 0 Å². The van der Waals surface area contributed by atoms with E-state index in [0.717, 1.165) is 25.2 Å². The average molecular weight is 151 g/mol. The maximum absolute atomic E-state index is 3.96. The Morgan fingerprint density at radius 3 is 3.09 bits per heavy atom. The number of hydrogen-bond acceptors (Lipinski definition) is 3. The molecule has 1 rings (SSSR count).